The summed E-state index contributed by atoms with van der Waals surface area (Å²) < 4.78 is 1.60. The summed E-state index contributed by atoms with van der Waals surface area (Å²) in [6, 6.07) is 13.8. The smallest absolute Gasteiger partial charge is 0.407 e. The molecule has 7 heteroatoms. The highest BCUT2D eigenvalue weighted by Crippen LogP contribution is 2.24. The molecule has 1 amide bonds. The molecule has 162 valence electrons. The molecular weight excluding hydrogens is 392 g/mol. The molecule has 0 aliphatic carbocycles. The van der Waals surface area contributed by atoms with E-state index >= 15 is 0 Å². The van der Waals surface area contributed by atoms with Crippen LogP contribution in [0.4, 0.5) is 10.5 Å². The number of carboxylic acid groups (broad SMARTS) is 1. The number of amides is 1. The van der Waals surface area contributed by atoms with Crippen molar-refractivity contribution >= 4 is 17.4 Å². The van der Waals surface area contributed by atoms with Gasteiger partial charge in [-0.1, -0.05) is 31.5 Å². The van der Waals surface area contributed by atoms with E-state index in [0.29, 0.717) is 24.3 Å². The molecule has 0 bridgehead atoms. The second-order valence-electron chi connectivity index (χ2n) is 8.04. The zero-order valence-corrected chi connectivity index (χ0v) is 17.8. The fourth-order valence-electron chi connectivity index (χ4n) is 4.13. The number of piperidine rings is 1. The number of fused-ring (bicyclic) bond motifs is 1. The molecule has 0 unspecified atom stereocenters. The van der Waals surface area contributed by atoms with Crippen LogP contribution in [-0.4, -0.2) is 44.6 Å². The number of aromatic nitrogens is 2. The van der Waals surface area contributed by atoms with Gasteiger partial charge < -0.3 is 15.3 Å². The summed E-state index contributed by atoms with van der Waals surface area (Å²) in [5.41, 5.74) is 3.99. The Morgan fingerprint density at radius 1 is 1.16 bits per heavy atom. The van der Waals surface area contributed by atoms with Crippen molar-refractivity contribution in [1.29, 1.82) is 0 Å². The summed E-state index contributed by atoms with van der Waals surface area (Å²) in [5, 5.41) is 12.6. The second kappa shape index (κ2) is 9.20. The molecule has 2 aromatic heterocycles. The normalized spacial score (nSPS) is 14.7. The SMILES string of the molecule is CCCCc1nc2ccccn2c(=O)c1-c1ccc(NC2CCN(C(=O)O)CC2)cc1. The van der Waals surface area contributed by atoms with Crippen molar-refractivity contribution in [2.24, 2.45) is 0 Å². The monoisotopic (exact) mass is 420 g/mol. The highest BCUT2D eigenvalue weighted by molar-refractivity contribution is 5.69. The van der Waals surface area contributed by atoms with E-state index in [-0.39, 0.29) is 11.6 Å². The third-order valence-electron chi connectivity index (χ3n) is 5.89. The molecule has 2 N–H and O–H groups in total. The van der Waals surface area contributed by atoms with E-state index in [1.807, 2.05) is 42.5 Å². The predicted molar refractivity (Wildman–Crippen MR) is 122 cm³/mol. The first kappa shape index (κ1) is 20.9. The lowest BCUT2D eigenvalue weighted by Gasteiger charge is -2.31. The molecule has 1 aliphatic heterocycles. The van der Waals surface area contributed by atoms with Crippen molar-refractivity contribution in [3.8, 4) is 11.1 Å². The molecule has 0 radical (unpaired) electrons. The van der Waals surface area contributed by atoms with E-state index in [0.717, 1.165) is 49.0 Å². The fraction of sp³-hybridized carbons (Fsp3) is 0.375. The number of unbranched alkanes of at least 4 members (excludes halogenated alkanes) is 1. The first-order chi connectivity index (χ1) is 15.1. The van der Waals surface area contributed by atoms with Crippen LogP contribution in [0.3, 0.4) is 0 Å². The van der Waals surface area contributed by atoms with Gasteiger partial charge in [0.15, 0.2) is 0 Å². The van der Waals surface area contributed by atoms with E-state index in [1.165, 1.54) is 4.90 Å². The van der Waals surface area contributed by atoms with Gasteiger partial charge in [-0.2, -0.15) is 0 Å². The third kappa shape index (κ3) is 4.55. The Bertz CT molecular complexity index is 1120. The summed E-state index contributed by atoms with van der Waals surface area (Å²) >= 11 is 0. The van der Waals surface area contributed by atoms with Crippen LogP contribution in [0.2, 0.25) is 0 Å². The van der Waals surface area contributed by atoms with Gasteiger partial charge in [-0.3, -0.25) is 9.20 Å². The third-order valence-corrected chi connectivity index (χ3v) is 5.89. The molecule has 0 atom stereocenters. The van der Waals surface area contributed by atoms with Gasteiger partial charge in [-0.15, -0.1) is 0 Å². The Kier molecular flexibility index (Phi) is 6.21. The van der Waals surface area contributed by atoms with Crippen molar-refractivity contribution in [2.75, 3.05) is 18.4 Å². The Hall–Kier alpha value is -3.35. The number of carbonyl (C=O) groups is 1. The maximum atomic E-state index is 13.3. The lowest BCUT2D eigenvalue weighted by atomic mass is 10.0. The number of rotatable bonds is 6. The van der Waals surface area contributed by atoms with Crippen LogP contribution in [0.25, 0.3) is 16.8 Å². The largest absolute Gasteiger partial charge is 0.465 e. The first-order valence-corrected chi connectivity index (χ1v) is 10.9. The maximum Gasteiger partial charge on any atom is 0.407 e. The minimum Gasteiger partial charge on any atom is -0.465 e. The molecule has 7 nitrogen and oxygen atoms in total. The second-order valence-corrected chi connectivity index (χ2v) is 8.04. The van der Waals surface area contributed by atoms with Crippen molar-refractivity contribution in [1.82, 2.24) is 14.3 Å². The van der Waals surface area contributed by atoms with E-state index in [1.54, 1.807) is 10.6 Å². The average Bonchev–Trinajstić information content (AvgIpc) is 2.79. The topological polar surface area (TPSA) is 86.9 Å². The Morgan fingerprint density at radius 2 is 1.90 bits per heavy atom. The minimum atomic E-state index is -0.850. The number of nitrogens with zero attached hydrogens (tertiary/aromatic N) is 3. The van der Waals surface area contributed by atoms with Gasteiger partial charge in [-0.25, -0.2) is 9.78 Å². The number of benzene rings is 1. The summed E-state index contributed by atoms with van der Waals surface area (Å²) in [5.74, 6) is 0. The summed E-state index contributed by atoms with van der Waals surface area (Å²) in [6.45, 7) is 3.23. The van der Waals surface area contributed by atoms with Crippen molar-refractivity contribution < 1.29 is 9.90 Å². The lowest BCUT2D eigenvalue weighted by molar-refractivity contribution is 0.134. The Balaban J connectivity index is 1.58. The van der Waals surface area contributed by atoms with E-state index in [2.05, 4.69) is 12.2 Å². The van der Waals surface area contributed by atoms with Crippen molar-refractivity contribution in [2.45, 2.75) is 45.1 Å². The molecule has 31 heavy (non-hydrogen) atoms. The molecule has 3 heterocycles. The van der Waals surface area contributed by atoms with Crippen LogP contribution in [0, 0.1) is 0 Å². The van der Waals surface area contributed by atoms with Crippen LogP contribution in [-0.2, 0) is 6.42 Å². The fourth-order valence-corrected chi connectivity index (χ4v) is 4.13. The molecule has 1 aromatic carbocycles. The highest BCUT2D eigenvalue weighted by atomic mass is 16.4. The highest BCUT2D eigenvalue weighted by Gasteiger charge is 2.22. The summed E-state index contributed by atoms with van der Waals surface area (Å²) in [6.07, 6.45) is 5.27. The lowest BCUT2D eigenvalue weighted by Crippen LogP contribution is -2.41. The average molecular weight is 421 g/mol. The van der Waals surface area contributed by atoms with Gasteiger partial charge in [0, 0.05) is 31.0 Å². The molecule has 0 saturated carbocycles. The minimum absolute atomic E-state index is 0.0431. The van der Waals surface area contributed by atoms with Crippen LogP contribution < -0.4 is 10.9 Å². The van der Waals surface area contributed by atoms with Crippen LogP contribution >= 0.6 is 0 Å². The number of hydrogen-bond donors (Lipinski definition) is 2. The predicted octanol–water partition coefficient (Wildman–Crippen LogP) is 4.26. The summed E-state index contributed by atoms with van der Waals surface area (Å²) in [4.78, 5) is 30.6. The van der Waals surface area contributed by atoms with Gasteiger partial charge in [0.2, 0.25) is 0 Å². The molecule has 4 rings (SSSR count). The van der Waals surface area contributed by atoms with Crippen LogP contribution in [0.15, 0.2) is 53.5 Å². The Morgan fingerprint density at radius 3 is 2.58 bits per heavy atom. The molecule has 0 spiro atoms. The van der Waals surface area contributed by atoms with Crippen molar-refractivity contribution in [3.05, 3.63) is 64.7 Å². The number of likely N-dealkylation sites (tertiary alicyclic amines) is 1. The molecule has 1 saturated heterocycles. The first-order valence-electron chi connectivity index (χ1n) is 10.9. The zero-order valence-electron chi connectivity index (χ0n) is 17.8. The number of pyridine rings is 1. The van der Waals surface area contributed by atoms with Gasteiger partial charge in [-0.05, 0) is 55.5 Å². The quantitative estimate of drug-likeness (QED) is 0.622. The van der Waals surface area contributed by atoms with E-state index in [9.17, 15) is 9.59 Å². The van der Waals surface area contributed by atoms with Gasteiger partial charge >= 0.3 is 6.09 Å². The molecule has 1 fully saturated rings. The number of hydrogen-bond acceptors (Lipinski definition) is 4. The molecular formula is C24H28N4O3. The van der Waals surface area contributed by atoms with Crippen molar-refractivity contribution in [3.63, 3.8) is 0 Å². The number of anilines is 1. The van der Waals surface area contributed by atoms with Gasteiger partial charge in [0.05, 0.1) is 11.3 Å². The zero-order chi connectivity index (χ0) is 21.8. The van der Waals surface area contributed by atoms with Gasteiger partial charge in [0.25, 0.3) is 5.56 Å². The van der Waals surface area contributed by atoms with E-state index < -0.39 is 6.09 Å². The van der Waals surface area contributed by atoms with Crippen LogP contribution in [0.1, 0.15) is 38.3 Å². The number of nitrogens with one attached hydrogen (secondary N) is 1. The molecule has 1 aliphatic rings. The van der Waals surface area contributed by atoms with Gasteiger partial charge in [0.1, 0.15) is 5.65 Å². The maximum absolute atomic E-state index is 13.3. The van der Waals surface area contributed by atoms with E-state index in [4.69, 9.17) is 10.1 Å². The number of aryl methyl sites for hydroxylation is 1. The molecule has 3 aromatic rings. The summed E-state index contributed by atoms with van der Waals surface area (Å²) in [7, 11) is 0. The van der Waals surface area contributed by atoms with Crippen LogP contribution in [0.5, 0.6) is 0 Å². The Labute approximate surface area is 181 Å². The standard InChI is InChI=1S/C24H28N4O3/c1-2-3-6-20-22(23(29)28-14-5-4-7-21(28)26-20)17-8-10-18(11-9-17)25-19-12-15-27(16-13-19)24(30)31/h4-5,7-11,14,19,25H,2-3,6,12-13,15-16H2,1H3,(H,30,31).